The van der Waals surface area contributed by atoms with Crippen LogP contribution in [0.1, 0.15) is 0 Å². The fourth-order valence-corrected chi connectivity index (χ4v) is 1.45. The lowest BCUT2D eigenvalue weighted by molar-refractivity contribution is 0.411. The Morgan fingerprint density at radius 2 is 2.14 bits per heavy atom. The van der Waals surface area contributed by atoms with Gasteiger partial charge in [0.05, 0.1) is 13.3 Å². The van der Waals surface area contributed by atoms with Crippen LogP contribution in [0.2, 0.25) is 0 Å². The fourth-order valence-electron chi connectivity index (χ4n) is 1.18. The van der Waals surface area contributed by atoms with Crippen LogP contribution in [0.4, 0.5) is 0 Å². The Bertz CT molecular complexity index is 441. The van der Waals surface area contributed by atoms with Gasteiger partial charge < -0.3 is 4.74 Å². The maximum Gasteiger partial charge on any atom is 0.148 e. The number of hydrogen-bond donors (Lipinski definition) is 0. The normalized spacial score (nSPS) is 10.1. The van der Waals surface area contributed by atoms with Crippen LogP contribution in [0.3, 0.4) is 0 Å². The molecule has 0 saturated heterocycles. The summed E-state index contributed by atoms with van der Waals surface area (Å²) in [6.45, 7) is 0. The van der Waals surface area contributed by atoms with Crippen molar-refractivity contribution in [2.24, 2.45) is 0 Å². The van der Waals surface area contributed by atoms with Gasteiger partial charge in [-0.1, -0.05) is 17.3 Å². The molecule has 1 heterocycles. The molecule has 1 aromatic carbocycles. The molecule has 0 amide bonds. The van der Waals surface area contributed by atoms with E-state index in [4.69, 9.17) is 4.74 Å². The van der Waals surface area contributed by atoms with Crippen molar-refractivity contribution in [3.05, 3.63) is 35.1 Å². The molecule has 0 aliphatic heterocycles. The van der Waals surface area contributed by atoms with E-state index in [1.54, 1.807) is 18.0 Å². The molecule has 2 aromatic rings. The summed E-state index contributed by atoms with van der Waals surface area (Å²) < 4.78 is 7.56. The zero-order chi connectivity index (χ0) is 9.97. The summed E-state index contributed by atoms with van der Waals surface area (Å²) in [4.78, 5) is 0. The van der Waals surface area contributed by atoms with Gasteiger partial charge in [-0.25, -0.2) is 4.68 Å². The maximum atomic E-state index is 5.21. The molecule has 0 spiro atoms. The zero-order valence-corrected chi connectivity index (χ0v) is 9.10. The van der Waals surface area contributed by atoms with Crippen LogP contribution in [0.25, 0.3) is 5.69 Å². The predicted molar refractivity (Wildman–Crippen MR) is 55.6 cm³/mol. The van der Waals surface area contributed by atoms with Gasteiger partial charge in [-0.2, -0.15) is 0 Å². The molecule has 0 aliphatic rings. The average Bonchev–Trinajstić information content (AvgIpc) is 2.65. The van der Waals surface area contributed by atoms with E-state index in [0.29, 0.717) is 4.60 Å². The molecule has 72 valence electrons. The molecule has 0 unspecified atom stereocenters. The Kier molecular flexibility index (Phi) is 2.49. The lowest BCUT2D eigenvalue weighted by Crippen LogP contribution is -1.98. The van der Waals surface area contributed by atoms with E-state index in [1.807, 2.05) is 24.3 Å². The number of benzene rings is 1. The highest BCUT2D eigenvalue weighted by Crippen LogP contribution is 2.21. The summed E-state index contributed by atoms with van der Waals surface area (Å²) >= 11 is 3.24. The molecule has 4 nitrogen and oxygen atoms in total. The van der Waals surface area contributed by atoms with E-state index < -0.39 is 0 Å². The fraction of sp³-hybridized carbons (Fsp3) is 0.111. The number of aromatic nitrogens is 3. The van der Waals surface area contributed by atoms with E-state index in [1.165, 1.54) is 0 Å². The predicted octanol–water partition coefficient (Wildman–Crippen LogP) is 2.04. The van der Waals surface area contributed by atoms with Crippen molar-refractivity contribution in [1.82, 2.24) is 15.0 Å². The Hall–Kier alpha value is -1.36. The third kappa shape index (κ3) is 1.63. The first kappa shape index (κ1) is 9.21. The first-order chi connectivity index (χ1) is 6.81. The molecule has 0 aliphatic carbocycles. The highest BCUT2D eigenvalue weighted by Gasteiger charge is 2.05. The lowest BCUT2D eigenvalue weighted by atomic mass is 10.3. The number of para-hydroxylation sites is 2. The minimum absolute atomic E-state index is 0.698. The van der Waals surface area contributed by atoms with Crippen LogP contribution >= 0.6 is 15.9 Å². The van der Waals surface area contributed by atoms with Crippen LogP contribution in [-0.4, -0.2) is 22.1 Å². The molecule has 0 atom stereocenters. The van der Waals surface area contributed by atoms with Crippen molar-refractivity contribution in [3.8, 4) is 11.4 Å². The SMILES string of the molecule is COc1ccccc1-n1cc(Br)nn1. The molecular weight excluding hydrogens is 246 g/mol. The van der Waals surface area contributed by atoms with Crippen LogP contribution in [0, 0.1) is 0 Å². The van der Waals surface area contributed by atoms with E-state index in [-0.39, 0.29) is 0 Å². The zero-order valence-electron chi connectivity index (χ0n) is 7.51. The summed E-state index contributed by atoms with van der Waals surface area (Å²) in [6, 6.07) is 7.63. The average molecular weight is 254 g/mol. The minimum Gasteiger partial charge on any atom is -0.494 e. The summed E-state index contributed by atoms with van der Waals surface area (Å²) in [6.07, 6.45) is 1.78. The number of halogens is 1. The van der Waals surface area contributed by atoms with E-state index in [9.17, 15) is 0 Å². The van der Waals surface area contributed by atoms with Gasteiger partial charge in [0.1, 0.15) is 16.0 Å². The number of nitrogens with zero attached hydrogens (tertiary/aromatic N) is 3. The van der Waals surface area contributed by atoms with Gasteiger partial charge in [0.25, 0.3) is 0 Å². The molecule has 14 heavy (non-hydrogen) atoms. The Morgan fingerprint density at radius 1 is 1.36 bits per heavy atom. The topological polar surface area (TPSA) is 39.9 Å². The standard InChI is InChI=1S/C9H8BrN3O/c1-14-8-5-3-2-4-7(8)13-6-9(10)11-12-13/h2-6H,1H3. The van der Waals surface area contributed by atoms with Gasteiger partial charge >= 0.3 is 0 Å². The second kappa shape index (κ2) is 3.79. The molecule has 1 aromatic heterocycles. The quantitative estimate of drug-likeness (QED) is 0.823. The van der Waals surface area contributed by atoms with Crippen molar-refractivity contribution in [2.75, 3.05) is 7.11 Å². The summed E-state index contributed by atoms with van der Waals surface area (Å²) in [5, 5.41) is 7.78. The Labute approximate surface area is 89.6 Å². The molecule has 0 radical (unpaired) electrons. The number of ether oxygens (including phenoxy) is 1. The maximum absolute atomic E-state index is 5.21. The molecule has 0 saturated carbocycles. The van der Waals surface area contributed by atoms with Crippen LogP contribution in [0.15, 0.2) is 35.1 Å². The third-order valence-corrected chi connectivity index (χ3v) is 2.16. The summed E-state index contributed by atoms with van der Waals surface area (Å²) in [5.74, 6) is 0.768. The van der Waals surface area contributed by atoms with Crippen LogP contribution < -0.4 is 4.74 Å². The molecular formula is C9H8BrN3O. The molecule has 0 bridgehead atoms. The molecule has 5 heteroatoms. The van der Waals surface area contributed by atoms with Crippen molar-refractivity contribution in [2.45, 2.75) is 0 Å². The van der Waals surface area contributed by atoms with Crippen molar-refractivity contribution < 1.29 is 4.74 Å². The van der Waals surface area contributed by atoms with E-state index in [2.05, 4.69) is 26.2 Å². The van der Waals surface area contributed by atoms with Gasteiger partial charge in [-0.15, -0.1) is 5.10 Å². The van der Waals surface area contributed by atoms with Crippen molar-refractivity contribution >= 4 is 15.9 Å². The second-order valence-corrected chi connectivity index (χ2v) is 3.47. The van der Waals surface area contributed by atoms with Gasteiger partial charge in [-0.05, 0) is 28.1 Å². The smallest absolute Gasteiger partial charge is 0.148 e. The first-order valence-corrected chi connectivity index (χ1v) is 4.82. The highest BCUT2D eigenvalue weighted by molar-refractivity contribution is 9.10. The number of rotatable bonds is 2. The lowest BCUT2D eigenvalue weighted by Gasteiger charge is -2.06. The van der Waals surface area contributed by atoms with Gasteiger partial charge in [0.15, 0.2) is 0 Å². The van der Waals surface area contributed by atoms with Crippen molar-refractivity contribution in [1.29, 1.82) is 0 Å². The Balaban J connectivity index is 2.50. The number of hydrogen-bond acceptors (Lipinski definition) is 3. The summed E-state index contributed by atoms with van der Waals surface area (Å²) in [7, 11) is 1.63. The highest BCUT2D eigenvalue weighted by atomic mass is 79.9. The van der Waals surface area contributed by atoms with Gasteiger partial charge in [0.2, 0.25) is 0 Å². The van der Waals surface area contributed by atoms with Gasteiger partial charge in [0, 0.05) is 0 Å². The number of methoxy groups -OCH3 is 1. The first-order valence-electron chi connectivity index (χ1n) is 4.02. The minimum atomic E-state index is 0.698. The Morgan fingerprint density at radius 3 is 2.79 bits per heavy atom. The van der Waals surface area contributed by atoms with E-state index in [0.717, 1.165) is 11.4 Å². The molecule has 0 fully saturated rings. The second-order valence-electron chi connectivity index (χ2n) is 2.66. The van der Waals surface area contributed by atoms with Crippen LogP contribution in [-0.2, 0) is 0 Å². The monoisotopic (exact) mass is 253 g/mol. The largest absolute Gasteiger partial charge is 0.494 e. The van der Waals surface area contributed by atoms with Crippen LogP contribution in [0.5, 0.6) is 5.75 Å². The molecule has 2 rings (SSSR count). The van der Waals surface area contributed by atoms with E-state index >= 15 is 0 Å². The summed E-state index contributed by atoms with van der Waals surface area (Å²) in [5.41, 5.74) is 0.869. The van der Waals surface area contributed by atoms with Gasteiger partial charge in [-0.3, -0.25) is 0 Å². The van der Waals surface area contributed by atoms with Crippen molar-refractivity contribution in [3.63, 3.8) is 0 Å². The molecule has 0 N–H and O–H groups in total. The third-order valence-electron chi connectivity index (χ3n) is 1.80.